The van der Waals surface area contributed by atoms with Crippen molar-refractivity contribution < 1.29 is 42.7 Å². The van der Waals surface area contributed by atoms with Gasteiger partial charge in [0, 0.05) is 68.8 Å². The molecule has 4 aliphatic carbocycles. The van der Waals surface area contributed by atoms with Crippen molar-refractivity contribution in [3.8, 4) is 46.5 Å². The van der Waals surface area contributed by atoms with Gasteiger partial charge in [-0.3, -0.25) is 4.79 Å². The van der Waals surface area contributed by atoms with Gasteiger partial charge in [-0.15, -0.1) is 0 Å². The highest BCUT2D eigenvalue weighted by atomic mass is 35.5. The average molecular weight is 1390 g/mol. The van der Waals surface area contributed by atoms with Crippen LogP contribution in [0.25, 0.3) is 38.8 Å². The molecule has 0 radical (unpaired) electrons. The average Bonchev–Trinajstić information content (AvgIpc) is 1.60. The van der Waals surface area contributed by atoms with Crippen molar-refractivity contribution in [2.24, 2.45) is 5.73 Å². The van der Waals surface area contributed by atoms with E-state index < -0.39 is 0 Å². The Labute approximate surface area is 604 Å². The minimum atomic E-state index is -0.333. The van der Waals surface area contributed by atoms with Crippen LogP contribution in [0.4, 0.5) is 17.5 Å². The Bertz CT molecular complexity index is 4480. The summed E-state index contributed by atoms with van der Waals surface area (Å²) in [4.78, 5) is 38.5. The van der Waals surface area contributed by atoms with E-state index in [4.69, 9.17) is 74.9 Å². The number of rotatable bonds is 12. The molecule has 4 aromatic heterocycles. The number of carbonyl (C=O) groups excluding carboxylic acids is 1. The van der Waals surface area contributed by atoms with Gasteiger partial charge in [0.05, 0.1) is 26.4 Å². The number of carbonyl (C=O) groups is 1. The van der Waals surface area contributed by atoms with Crippen LogP contribution in [0.15, 0.2) is 168 Å². The molecule has 0 bridgehead atoms. The van der Waals surface area contributed by atoms with Crippen LogP contribution in [0.1, 0.15) is 155 Å². The first-order valence-electron chi connectivity index (χ1n) is 34.5. The zero-order valence-corrected chi connectivity index (χ0v) is 58.4. The third-order valence-corrected chi connectivity index (χ3v) is 18.7. The number of halogens is 1. The minimum Gasteiger partial charge on any atom is -0.439 e. The van der Waals surface area contributed by atoms with Gasteiger partial charge in [0.2, 0.25) is 5.88 Å². The molecule has 102 heavy (non-hydrogen) atoms. The Morgan fingerprint density at radius 3 is 1.03 bits per heavy atom. The zero-order valence-electron chi connectivity index (χ0n) is 57.6. The maximum Gasteiger partial charge on any atom is 0.314 e. The van der Waals surface area contributed by atoms with Crippen LogP contribution in [0.3, 0.4) is 0 Å². The fourth-order valence-corrected chi connectivity index (χ4v) is 12.7. The van der Waals surface area contributed by atoms with Gasteiger partial charge in [0.25, 0.3) is 17.5 Å². The molecule has 2 aliphatic heterocycles. The van der Waals surface area contributed by atoms with Crippen molar-refractivity contribution in [2.45, 2.75) is 155 Å². The second-order valence-electron chi connectivity index (χ2n) is 26.0. The summed E-state index contributed by atoms with van der Waals surface area (Å²) in [7, 11) is 0. The molecule has 524 valence electrons. The lowest BCUT2D eigenvalue weighted by molar-refractivity contribution is -0.171. The van der Waals surface area contributed by atoms with Gasteiger partial charge in [-0.2, -0.15) is 0 Å². The first-order chi connectivity index (χ1) is 49.0. The fraction of sp³-hybridized carbons (Fsp3) is 0.333. The summed E-state index contributed by atoms with van der Waals surface area (Å²) < 4.78 is 46.5. The van der Waals surface area contributed by atoms with E-state index in [1.165, 1.54) is 22.3 Å². The predicted molar refractivity (Wildman–Crippen MR) is 401 cm³/mol. The number of ketones is 1. The van der Waals surface area contributed by atoms with Gasteiger partial charge in [0.1, 0.15) is 33.9 Å². The van der Waals surface area contributed by atoms with E-state index in [1.807, 2.05) is 137 Å². The highest BCUT2D eigenvalue weighted by Crippen LogP contribution is 2.41. The number of benzene rings is 4. The molecule has 4 saturated carbocycles. The van der Waals surface area contributed by atoms with Gasteiger partial charge >= 0.3 is 17.6 Å². The van der Waals surface area contributed by atoms with E-state index in [0.29, 0.717) is 95.5 Å². The first-order valence-corrected chi connectivity index (χ1v) is 34.8. The number of Topliss-reactive ketones (excluding diaryl/α,β-unsaturated/α-hetero) is 1. The molecule has 6 heterocycles. The lowest BCUT2D eigenvalue weighted by atomic mass is 9.88. The van der Waals surface area contributed by atoms with Crippen LogP contribution in [-0.2, 0) is 23.7 Å². The van der Waals surface area contributed by atoms with Gasteiger partial charge < -0.3 is 58.2 Å². The molecule has 14 rings (SSSR count). The quantitative estimate of drug-likeness (QED) is 0.0901. The van der Waals surface area contributed by atoms with E-state index in [-0.39, 0.29) is 19.0 Å². The van der Waals surface area contributed by atoms with E-state index in [2.05, 4.69) is 77.0 Å². The Morgan fingerprint density at radius 2 is 0.716 bits per heavy atom. The topological polar surface area (TPSA) is 182 Å². The van der Waals surface area contributed by atoms with E-state index >= 15 is 0 Å². The molecular weight excluding hydrogens is 1300 g/mol. The molecule has 0 atom stereocenters. The second-order valence-corrected chi connectivity index (χ2v) is 26.3. The summed E-state index contributed by atoms with van der Waals surface area (Å²) in [6.07, 6.45) is 23.7. The molecule has 18 heteroatoms. The Morgan fingerprint density at radius 1 is 0.422 bits per heavy atom. The summed E-state index contributed by atoms with van der Waals surface area (Å²) in [5, 5.41) is 0.466. The van der Waals surface area contributed by atoms with Crippen molar-refractivity contribution >= 4 is 59.1 Å². The van der Waals surface area contributed by atoms with Crippen molar-refractivity contribution in [3.63, 3.8) is 0 Å². The largest absolute Gasteiger partial charge is 0.439 e. The highest BCUT2D eigenvalue weighted by Gasteiger charge is 2.40. The molecule has 17 nitrogen and oxygen atoms in total. The number of nitrogens with two attached hydrogens (primary N) is 1. The van der Waals surface area contributed by atoms with E-state index in [1.54, 1.807) is 18.2 Å². The van der Waals surface area contributed by atoms with Crippen molar-refractivity contribution in [3.05, 3.63) is 252 Å². The molecule has 4 aromatic carbocycles. The standard InChI is InChI=1S/C22H22N2O3.C21H22ClNO3.C20H21N3O.C20H18N2O2.CH4/c1-16-6-7-20(24-21(16)23-2)27-19-5-3-4-18(15-19)14-17-8-10-22(11-9-17)25-12-13-26-22;1-15-5-6-19(23-20(15)22)26-18-4-2-3-17(14-18)13-16-7-9-21(10-8-16)24-11-12-25-21;1-14-6-11-19(23-20(14)22-2)24-18-5-3-4-16(13-18)12-15-7-9-17(21)10-8-15;1-14-6-11-19(22-20(14)21-2)24-18-5-3-4-16(13-18)12-15-7-9-17(23)10-8-15;/h3-7,14-15H,8-13H2,1H3;2-6,13-14H,7-12H2,1H3;3-6,11-13,17H,7-10,21H2,1H3;3-6,11-13H,7-10H2,1H3;1H4. The predicted octanol–water partition coefficient (Wildman–Crippen LogP) is 21.9. The number of aryl methyl sites for hydroxylation is 4. The summed E-state index contributed by atoms with van der Waals surface area (Å²) in [6.45, 7) is 31.8. The van der Waals surface area contributed by atoms with E-state index in [9.17, 15) is 4.79 Å². The maximum absolute atomic E-state index is 11.3. The first kappa shape index (κ1) is 74.6. The van der Waals surface area contributed by atoms with E-state index in [0.717, 1.165) is 159 Å². The highest BCUT2D eigenvalue weighted by molar-refractivity contribution is 6.30. The van der Waals surface area contributed by atoms with Gasteiger partial charge in [0.15, 0.2) is 11.6 Å². The fourth-order valence-electron chi connectivity index (χ4n) is 12.6. The molecule has 2 N–H and O–H groups in total. The number of hydrogen-bond donors (Lipinski definition) is 1. The summed E-state index contributed by atoms with van der Waals surface area (Å²) >= 11 is 6.07. The molecule has 6 fully saturated rings. The third-order valence-electron chi connectivity index (χ3n) is 18.3. The van der Waals surface area contributed by atoms with Crippen molar-refractivity contribution in [2.75, 3.05) is 26.4 Å². The number of nitrogens with zero attached hydrogens (tertiary/aromatic N) is 7. The molecule has 6 aliphatic rings. The number of hydrogen-bond acceptors (Lipinski definition) is 14. The summed E-state index contributed by atoms with van der Waals surface area (Å²) in [5.74, 6) is 5.48. The lowest BCUT2D eigenvalue weighted by Crippen LogP contribution is -2.33. The molecule has 0 unspecified atom stereocenters. The minimum absolute atomic E-state index is 0. The van der Waals surface area contributed by atoms with Crippen LogP contribution in [0.5, 0.6) is 46.5 Å². The maximum atomic E-state index is 11.3. The van der Waals surface area contributed by atoms with Gasteiger partial charge in [-0.25, -0.2) is 4.98 Å². The number of ether oxygens (including phenoxy) is 8. The van der Waals surface area contributed by atoms with Crippen LogP contribution >= 0.6 is 11.6 Å². The van der Waals surface area contributed by atoms with Crippen LogP contribution in [0.2, 0.25) is 5.15 Å². The molecule has 0 amide bonds. The lowest BCUT2D eigenvalue weighted by Gasteiger charge is -2.32. The Kier molecular flexibility index (Phi) is 26.3. The number of aromatic nitrogens is 4. The Hall–Kier alpha value is -10.1. The van der Waals surface area contributed by atoms with Crippen LogP contribution < -0.4 is 24.7 Å². The zero-order chi connectivity index (χ0) is 70.6. The van der Waals surface area contributed by atoms with Crippen LogP contribution in [-0.4, -0.2) is 69.8 Å². The summed E-state index contributed by atoms with van der Waals surface area (Å²) in [6, 6.07) is 46.6. The summed E-state index contributed by atoms with van der Waals surface area (Å²) in [5.41, 5.74) is 19.4. The monoisotopic (exact) mass is 1390 g/mol. The van der Waals surface area contributed by atoms with Gasteiger partial charge in [-0.05, 0) is 185 Å². The van der Waals surface area contributed by atoms with Crippen molar-refractivity contribution in [1.82, 2.24) is 19.9 Å². The Balaban J connectivity index is 0.000000146. The molecule has 8 aromatic rings. The second kappa shape index (κ2) is 36.0. The van der Waals surface area contributed by atoms with Crippen LogP contribution in [0, 0.1) is 47.4 Å². The molecule has 2 spiro atoms. The number of allylic oxidation sites excluding steroid dienone is 4. The van der Waals surface area contributed by atoms with Crippen molar-refractivity contribution in [1.29, 1.82) is 0 Å². The van der Waals surface area contributed by atoms with Gasteiger partial charge in [-0.1, -0.05) is 173 Å². The normalized spacial score (nSPS) is 17.0. The smallest absolute Gasteiger partial charge is 0.314 e. The third kappa shape index (κ3) is 21.5. The SMILES string of the molecule is C.Cc1ccc(Oc2cccc(C=C3CCC4(CC3)OCCO4)c2)nc1Cl.[C-]#[N+]c1nc(Oc2cccc(C=C3CCC(=O)CC3)c2)ccc1C.[C-]#[N+]c1nc(Oc2cccc(C=C3CCC(N)CC3)c2)ccc1C.[C-]#[N+]c1nc(Oc2cccc(C=C3CCC4(CC3)OCCO4)c2)ccc1C. The molecular formula is C84H87ClN8O9. The number of pyridine rings is 4. The molecule has 2 saturated heterocycles.